The van der Waals surface area contributed by atoms with E-state index in [2.05, 4.69) is 19.2 Å². The number of amides is 2. The van der Waals surface area contributed by atoms with Gasteiger partial charge in [0.15, 0.2) is 0 Å². The number of nitrogens with one attached hydrogen (secondary N) is 1. The maximum atomic E-state index is 12.1. The zero-order valence-corrected chi connectivity index (χ0v) is 13.7. The monoisotopic (exact) mass is 286 g/mol. The van der Waals surface area contributed by atoms with Crippen molar-refractivity contribution in [2.75, 3.05) is 13.6 Å². The van der Waals surface area contributed by atoms with Crippen LogP contribution >= 0.6 is 0 Å². The molecular formula is C15H30N2O3. The predicted molar refractivity (Wildman–Crippen MR) is 80.7 cm³/mol. The van der Waals surface area contributed by atoms with Crippen LogP contribution in [0.15, 0.2) is 0 Å². The first-order valence-electron chi connectivity index (χ1n) is 7.44. The number of hydrogen-bond acceptors (Lipinski definition) is 2. The first-order chi connectivity index (χ1) is 9.20. The zero-order valence-electron chi connectivity index (χ0n) is 13.7. The standard InChI is InChI=1S/C15H30N2O3/c1-7-15(8-2,13(18)19)10-16-14(20)17(6)12(5)9-11(3)4/h11-12H,7-10H2,1-6H3,(H,16,20)(H,18,19). The average molecular weight is 286 g/mol. The van der Waals surface area contributed by atoms with Crippen LogP contribution in [0.5, 0.6) is 0 Å². The SMILES string of the molecule is CCC(CC)(CNC(=O)N(C)C(C)CC(C)C)C(=O)O. The summed E-state index contributed by atoms with van der Waals surface area (Å²) in [6, 6.07) is -0.0665. The minimum Gasteiger partial charge on any atom is -0.481 e. The number of carboxylic acid groups (broad SMARTS) is 1. The third kappa shape index (κ3) is 5.02. The quantitative estimate of drug-likeness (QED) is 0.720. The number of urea groups is 1. The van der Waals surface area contributed by atoms with Crippen LogP contribution in [-0.2, 0) is 4.79 Å². The summed E-state index contributed by atoms with van der Waals surface area (Å²) in [5.41, 5.74) is -0.863. The van der Waals surface area contributed by atoms with Gasteiger partial charge in [-0.1, -0.05) is 27.7 Å². The molecule has 0 saturated carbocycles. The molecule has 5 nitrogen and oxygen atoms in total. The van der Waals surface area contributed by atoms with Gasteiger partial charge < -0.3 is 15.3 Å². The van der Waals surface area contributed by atoms with E-state index >= 15 is 0 Å². The molecule has 0 radical (unpaired) electrons. The van der Waals surface area contributed by atoms with Crippen LogP contribution in [0.25, 0.3) is 0 Å². The van der Waals surface area contributed by atoms with Gasteiger partial charge >= 0.3 is 12.0 Å². The highest BCUT2D eigenvalue weighted by Crippen LogP contribution is 2.25. The van der Waals surface area contributed by atoms with Crippen LogP contribution in [0.4, 0.5) is 4.79 Å². The maximum Gasteiger partial charge on any atom is 0.317 e. The van der Waals surface area contributed by atoms with Crippen LogP contribution in [0.1, 0.15) is 53.9 Å². The molecule has 0 aromatic heterocycles. The summed E-state index contributed by atoms with van der Waals surface area (Å²) < 4.78 is 0. The van der Waals surface area contributed by atoms with Crippen LogP contribution < -0.4 is 5.32 Å². The topological polar surface area (TPSA) is 69.6 Å². The molecule has 1 unspecified atom stereocenters. The summed E-state index contributed by atoms with van der Waals surface area (Å²) in [6.07, 6.45) is 1.93. The summed E-state index contributed by atoms with van der Waals surface area (Å²) in [6.45, 7) is 10.1. The van der Waals surface area contributed by atoms with Gasteiger partial charge in [-0.3, -0.25) is 4.79 Å². The molecular weight excluding hydrogens is 256 g/mol. The molecule has 0 spiro atoms. The molecule has 0 fully saturated rings. The predicted octanol–water partition coefficient (Wildman–Crippen LogP) is 2.95. The summed E-state index contributed by atoms with van der Waals surface area (Å²) in [4.78, 5) is 25.1. The Hall–Kier alpha value is -1.26. The Bertz CT molecular complexity index is 325. The van der Waals surface area contributed by atoms with Crippen molar-refractivity contribution in [3.05, 3.63) is 0 Å². The minimum absolute atomic E-state index is 0.137. The summed E-state index contributed by atoms with van der Waals surface area (Å²) in [7, 11) is 1.75. The third-order valence-electron chi connectivity index (χ3n) is 4.18. The third-order valence-corrected chi connectivity index (χ3v) is 4.18. The number of rotatable bonds is 8. The van der Waals surface area contributed by atoms with E-state index < -0.39 is 11.4 Å². The van der Waals surface area contributed by atoms with Crippen LogP contribution in [0.2, 0.25) is 0 Å². The summed E-state index contributed by atoms with van der Waals surface area (Å²) in [5, 5.41) is 12.1. The Morgan fingerprint density at radius 3 is 2.05 bits per heavy atom. The molecule has 118 valence electrons. The van der Waals surface area contributed by atoms with Crippen molar-refractivity contribution in [1.82, 2.24) is 10.2 Å². The van der Waals surface area contributed by atoms with Crippen molar-refractivity contribution in [3.8, 4) is 0 Å². The molecule has 0 bridgehead atoms. The van der Waals surface area contributed by atoms with Gasteiger partial charge in [-0.05, 0) is 32.1 Å². The lowest BCUT2D eigenvalue weighted by molar-refractivity contribution is -0.149. The second kappa shape index (κ2) is 8.12. The molecule has 0 rings (SSSR count). The molecule has 2 N–H and O–H groups in total. The second-order valence-corrected chi connectivity index (χ2v) is 6.04. The van der Waals surface area contributed by atoms with E-state index in [0.717, 1.165) is 6.42 Å². The molecule has 1 atom stereocenters. The van der Waals surface area contributed by atoms with E-state index in [0.29, 0.717) is 18.8 Å². The Morgan fingerprint density at radius 1 is 1.20 bits per heavy atom. The summed E-state index contributed by atoms with van der Waals surface area (Å²) in [5.74, 6) is -0.328. The molecule has 0 aliphatic carbocycles. The van der Waals surface area contributed by atoms with Crippen molar-refractivity contribution in [3.63, 3.8) is 0 Å². The lowest BCUT2D eigenvalue weighted by atomic mass is 9.82. The molecule has 0 aliphatic rings. The fraction of sp³-hybridized carbons (Fsp3) is 0.867. The highest BCUT2D eigenvalue weighted by Gasteiger charge is 2.35. The first kappa shape index (κ1) is 18.7. The Morgan fingerprint density at radius 2 is 1.70 bits per heavy atom. The normalized spacial score (nSPS) is 13.2. The molecule has 20 heavy (non-hydrogen) atoms. The molecule has 0 aliphatic heterocycles. The number of carbonyl (C=O) groups excluding carboxylic acids is 1. The lowest BCUT2D eigenvalue weighted by Crippen LogP contribution is -2.48. The van der Waals surface area contributed by atoms with E-state index in [9.17, 15) is 14.7 Å². The minimum atomic E-state index is -0.863. The van der Waals surface area contributed by atoms with Crippen molar-refractivity contribution >= 4 is 12.0 Å². The molecule has 0 saturated heterocycles. The number of aliphatic carboxylic acids is 1. The van der Waals surface area contributed by atoms with E-state index in [-0.39, 0.29) is 18.6 Å². The van der Waals surface area contributed by atoms with E-state index in [1.54, 1.807) is 11.9 Å². The number of carbonyl (C=O) groups is 2. The maximum absolute atomic E-state index is 12.1. The Kier molecular flexibility index (Phi) is 7.61. The fourth-order valence-corrected chi connectivity index (χ4v) is 2.29. The van der Waals surface area contributed by atoms with Gasteiger partial charge in [0.25, 0.3) is 0 Å². The first-order valence-corrected chi connectivity index (χ1v) is 7.44. The molecule has 0 aromatic rings. The van der Waals surface area contributed by atoms with Gasteiger partial charge in [0, 0.05) is 19.6 Å². The van der Waals surface area contributed by atoms with Crippen molar-refractivity contribution in [2.24, 2.45) is 11.3 Å². The van der Waals surface area contributed by atoms with Gasteiger partial charge in [-0.15, -0.1) is 0 Å². The highest BCUT2D eigenvalue weighted by molar-refractivity contribution is 5.78. The van der Waals surface area contributed by atoms with Gasteiger partial charge in [0.1, 0.15) is 0 Å². The molecule has 0 aromatic carbocycles. The van der Waals surface area contributed by atoms with Crippen molar-refractivity contribution < 1.29 is 14.7 Å². The number of carboxylic acids is 1. The average Bonchev–Trinajstić information content (AvgIpc) is 2.38. The van der Waals surface area contributed by atoms with E-state index in [4.69, 9.17) is 0 Å². The van der Waals surface area contributed by atoms with Crippen molar-refractivity contribution in [1.29, 1.82) is 0 Å². The zero-order chi connectivity index (χ0) is 15.9. The molecule has 5 heteroatoms. The van der Waals surface area contributed by atoms with E-state index in [1.807, 2.05) is 20.8 Å². The summed E-state index contributed by atoms with van der Waals surface area (Å²) >= 11 is 0. The Balaban J connectivity index is 4.57. The van der Waals surface area contributed by atoms with Crippen LogP contribution in [0, 0.1) is 11.3 Å². The molecule has 0 heterocycles. The number of hydrogen-bond donors (Lipinski definition) is 2. The smallest absolute Gasteiger partial charge is 0.317 e. The van der Waals surface area contributed by atoms with E-state index in [1.165, 1.54) is 0 Å². The fourth-order valence-electron chi connectivity index (χ4n) is 2.29. The molecule has 2 amide bonds. The van der Waals surface area contributed by atoms with Gasteiger partial charge in [-0.2, -0.15) is 0 Å². The van der Waals surface area contributed by atoms with Gasteiger partial charge in [0.2, 0.25) is 0 Å². The van der Waals surface area contributed by atoms with Crippen LogP contribution in [0.3, 0.4) is 0 Å². The van der Waals surface area contributed by atoms with Gasteiger partial charge in [-0.25, -0.2) is 4.79 Å². The number of nitrogens with zero attached hydrogens (tertiary/aromatic N) is 1. The lowest BCUT2D eigenvalue weighted by Gasteiger charge is -2.30. The van der Waals surface area contributed by atoms with Crippen LogP contribution in [-0.4, -0.2) is 41.6 Å². The Labute approximate surface area is 122 Å². The highest BCUT2D eigenvalue weighted by atomic mass is 16.4. The second-order valence-electron chi connectivity index (χ2n) is 6.04. The van der Waals surface area contributed by atoms with Crippen molar-refractivity contribution in [2.45, 2.75) is 59.9 Å². The van der Waals surface area contributed by atoms with Gasteiger partial charge in [0.05, 0.1) is 5.41 Å². The largest absolute Gasteiger partial charge is 0.481 e.